The van der Waals surface area contributed by atoms with Gasteiger partial charge in [-0.1, -0.05) is 41.9 Å². The zero-order valence-electron chi connectivity index (χ0n) is 15.2. The van der Waals surface area contributed by atoms with E-state index in [-0.39, 0.29) is 17.9 Å². The lowest BCUT2D eigenvalue weighted by Crippen LogP contribution is -2.31. The number of benzene rings is 2. The van der Waals surface area contributed by atoms with Gasteiger partial charge in [0, 0.05) is 22.8 Å². The fourth-order valence-corrected chi connectivity index (χ4v) is 2.78. The van der Waals surface area contributed by atoms with Gasteiger partial charge in [-0.15, -0.1) is 0 Å². The number of hydrogen-bond acceptors (Lipinski definition) is 2. The maximum absolute atomic E-state index is 12.2. The van der Waals surface area contributed by atoms with Crippen molar-refractivity contribution in [2.75, 3.05) is 5.32 Å². The largest absolute Gasteiger partial charge is 0.354 e. The number of anilines is 1. The van der Waals surface area contributed by atoms with Crippen molar-refractivity contribution >= 4 is 34.7 Å². The van der Waals surface area contributed by atoms with Crippen LogP contribution in [0.1, 0.15) is 31.9 Å². The van der Waals surface area contributed by atoms with Crippen LogP contribution in [0.15, 0.2) is 54.6 Å². The summed E-state index contributed by atoms with van der Waals surface area (Å²) in [6, 6.07) is 14.8. The van der Waals surface area contributed by atoms with E-state index in [0.717, 1.165) is 16.7 Å². The number of nitrogens with one attached hydrogen (secondary N) is 2. The number of carbonyl (C=O) groups is 2. The quantitative estimate of drug-likeness (QED) is 0.738. The molecule has 2 rings (SSSR count). The highest BCUT2D eigenvalue weighted by molar-refractivity contribution is 6.32. The molecule has 5 heteroatoms. The average molecular weight is 371 g/mol. The summed E-state index contributed by atoms with van der Waals surface area (Å²) in [6.45, 7) is 5.69. The summed E-state index contributed by atoms with van der Waals surface area (Å²) in [5.41, 5.74) is 3.18. The minimum atomic E-state index is -0.229. The summed E-state index contributed by atoms with van der Waals surface area (Å²) in [6.07, 6.45) is 1.84. The van der Waals surface area contributed by atoms with E-state index in [4.69, 9.17) is 11.6 Å². The van der Waals surface area contributed by atoms with Crippen molar-refractivity contribution in [3.8, 4) is 0 Å². The third-order valence-electron chi connectivity index (χ3n) is 3.68. The van der Waals surface area contributed by atoms with Gasteiger partial charge in [-0.05, 0) is 55.7 Å². The third kappa shape index (κ3) is 6.05. The van der Waals surface area contributed by atoms with E-state index in [0.29, 0.717) is 17.1 Å². The van der Waals surface area contributed by atoms with Crippen molar-refractivity contribution in [2.45, 2.75) is 33.2 Å². The van der Waals surface area contributed by atoms with Crippen LogP contribution in [0.4, 0.5) is 5.69 Å². The van der Waals surface area contributed by atoms with E-state index >= 15 is 0 Å². The zero-order valence-corrected chi connectivity index (χ0v) is 15.9. The Morgan fingerprint density at radius 3 is 2.35 bits per heavy atom. The smallest absolute Gasteiger partial charge is 0.248 e. The molecule has 2 aromatic rings. The van der Waals surface area contributed by atoms with Gasteiger partial charge in [0.15, 0.2) is 0 Å². The van der Waals surface area contributed by atoms with Gasteiger partial charge < -0.3 is 10.6 Å². The van der Waals surface area contributed by atoms with E-state index in [1.54, 1.807) is 18.2 Å². The minimum absolute atomic E-state index is 0.0184. The molecule has 0 bridgehead atoms. The highest BCUT2D eigenvalue weighted by Gasteiger charge is 2.07. The number of rotatable bonds is 6. The van der Waals surface area contributed by atoms with Gasteiger partial charge in [0.25, 0.3) is 0 Å². The highest BCUT2D eigenvalue weighted by Crippen LogP contribution is 2.23. The van der Waals surface area contributed by atoms with Crippen LogP contribution in [0.5, 0.6) is 0 Å². The Hall–Kier alpha value is -2.59. The Bertz CT molecular complexity index is 811. The van der Waals surface area contributed by atoms with Crippen molar-refractivity contribution in [3.63, 3.8) is 0 Å². The molecular weight excluding hydrogens is 348 g/mol. The second-order valence-corrected chi connectivity index (χ2v) is 6.80. The first-order valence-electron chi connectivity index (χ1n) is 8.47. The van der Waals surface area contributed by atoms with Gasteiger partial charge in [-0.2, -0.15) is 0 Å². The van der Waals surface area contributed by atoms with Gasteiger partial charge in [0.2, 0.25) is 11.8 Å². The summed E-state index contributed by atoms with van der Waals surface area (Å²) in [4.78, 5) is 24.0. The third-order valence-corrected chi connectivity index (χ3v) is 4.01. The number of halogens is 1. The van der Waals surface area contributed by atoms with Gasteiger partial charge in [-0.3, -0.25) is 9.59 Å². The van der Waals surface area contributed by atoms with Crippen LogP contribution in [0.2, 0.25) is 5.02 Å². The SMILES string of the molecule is C/C(=C/C(=O)Nc1ccc(CC(=O)NC(C)C)cc1)c1ccccc1Cl. The minimum Gasteiger partial charge on any atom is -0.354 e. The maximum Gasteiger partial charge on any atom is 0.248 e. The second-order valence-electron chi connectivity index (χ2n) is 6.39. The molecule has 0 heterocycles. The van der Waals surface area contributed by atoms with E-state index in [2.05, 4.69) is 10.6 Å². The standard InChI is InChI=1S/C21H23ClN2O2/c1-14(2)23-21(26)13-16-8-10-17(11-9-16)24-20(25)12-15(3)18-6-4-5-7-19(18)22/h4-12,14H,13H2,1-3H3,(H,23,26)(H,24,25)/b15-12-. The Balaban J connectivity index is 1.98. The zero-order chi connectivity index (χ0) is 19.1. The fraction of sp³-hybridized carbons (Fsp3) is 0.238. The molecule has 136 valence electrons. The molecule has 0 aromatic heterocycles. The Kier molecular flexibility index (Phi) is 6.98. The van der Waals surface area contributed by atoms with Crippen LogP contribution in [-0.2, 0) is 16.0 Å². The first-order valence-corrected chi connectivity index (χ1v) is 8.85. The van der Waals surface area contributed by atoms with Gasteiger partial charge in [-0.25, -0.2) is 0 Å². The molecule has 2 N–H and O–H groups in total. The topological polar surface area (TPSA) is 58.2 Å². The number of amides is 2. The van der Waals surface area contributed by atoms with E-state index in [1.807, 2.05) is 51.1 Å². The average Bonchev–Trinajstić information content (AvgIpc) is 2.56. The molecule has 0 aliphatic carbocycles. The molecule has 26 heavy (non-hydrogen) atoms. The molecule has 2 amide bonds. The van der Waals surface area contributed by atoms with Crippen LogP contribution in [0.25, 0.3) is 5.57 Å². The number of hydrogen-bond donors (Lipinski definition) is 2. The second kappa shape index (κ2) is 9.20. The fourth-order valence-electron chi connectivity index (χ4n) is 2.50. The molecule has 4 nitrogen and oxygen atoms in total. The number of allylic oxidation sites excluding steroid dienone is 1. The van der Waals surface area contributed by atoms with Crippen molar-refractivity contribution in [2.24, 2.45) is 0 Å². The van der Waals surface area contributed by atoms with E-state index in [1.165, 1.54) is 6.08 Å². The lowest BCUT2D eigenvalue weighted by atomic mass is 10.1. The predicted molar refractivity (Wildman–Crippen MR) is 107 cm³/mol. The first kappa shape index (κ1) is 19.7. The summed E-state index contributed by atoms with van der Waals surface area (Å²) >= 11 is 6.15. The molecule has 0 radical (unpaired) electrons. The Labute approximate surface area is 159 Å². The van der Waals surface area contributed by atoms with Gasteiger partial charge in [0.05, 0.1) is 6.42 Å². The molecule has 0 aliphatic heterocycles. The van der Waals surface area contributed by atoms with E-state index < -0.39 is 0 Å². The molecule has 0 saturated heterocycles. The lowest BCUT2D eigenvalue weighted by Gasteiger charge is -2.09. The molecule has 0 fully saturated rings. The van der Waals surface area contributed by atoms with Crippen molar-refractivity contribution in [1.29, 1.82) is 0 Å². The molecule has 0 aliphatic rings. The van der Waals surface area contributed by atoms with Crippen LogP contribution < -0.4 is 10.6 Å². The molecule has 0 saturated carbocycles. The van der Waals surface area contributed by atoms with Crippen LogP contribution in [0.3, 0.4) is 0 Å². The van der Waals surface area contributed by atoms with Gasteiger partial charge >= 0.3 is 0 Å². The maximum atomic E-state index is 12.2. The van der Waals surface area contributed by atoms with Crippen molar-refractivity contribution in [3.05, 3.63) is 70.8 Å². The van der Waals surface area contributed by atoms with Crippen LogP contribution in [0, 0.1) is 0 Å². The summed E-state index contributed by atoms with van der Waals surface area (Å²) in [5, 5.41) is 6.28. The van der Waals surface area contributed by atoms with E-state index in [9.17, 15) is 9.59 Å². The molecule has 0 unspecified atom stereocenters. The summed E-state index contributed by atoms with van der Waals surface area (Å²) < 4.78 is 0. The first-order chi connectivity index (χ1) is 12.3. The summed E-state index contributed by atoms with van der Waals surface area (Å²) in [5.74, 6) is -0.247. The lowest BCUT2D eigenvalue weighted by molar-refractivity contribution is -0.121. The molecule has 0 spiro atoms. The van der Waals surface area contributed by atoms with Crippen molar-refractivity contribution < 1.29 is 9.59 Å². The predicted octanol–water partition coefficient (Wildman–Crippen LogP) is 4.45. The molecular formula is C21H23ClN2O2. The highest BCUT2D eigenvalue weighted by atomic mass is 35.5. The Morgan fingerprint density at radius 1 is 1.08 bits per heavy atom. The normalized spacial score (nSPS) is 11.3. The molecule has 0 atom stereocenters. The van der Waals surface area contributed by atoms with Crippen LogP contribution in [-0.4, -0.2) is 17.9 Å². The Morgan fingerprint density at radius 2 is 1.73 bits per heavy atom. The number of carbonyl (C=O) groups excluding carboxylic acids is 2. The monoisotopic (exact) mass is 370 g/mol. The van der Waals surface area contributed by atoms with Gasteiger partial charge in [0.1, 0.15) is 0 Å². The van der Waals surface area contributed by atoms with Crippen molar-refractivity contribution in [1.82, 2.24) is 5.32 Å². The summed E-state index contributed by atoms with van der Waals surface area (Å²) in [7, 11) is 0. The molecule has 2 aromatic carbocycles. The van der Waals surface area contributed by atoms with Crippen LogP contribution >= 0.6 is 11.6 Å².